The summed E-state index contributed by atoms with van der Waals surface area (Å²) in [6.45, 7) is 3.71. The maximum absolute atomic E-state index is 4.47. The summed E-state index contributed by atoms with van der Waals surface area (Å²) in [5.74, 6) is 0. The van der Waals surface area contributed by atoms with Gasteiger partial charge in [-0.3, -0.25) is 4.98 Å². The summed E-state index contributed by atoms with van der Waals surface area (Å²) in [6.07, 6.45) is 2.09. The van der Waals surface area contributed by atoms with Crippen LogP contribution in [0, 0.1) is 6.92 Å². The molecule has 2 rings (SSSR count). The minimum absolute atomic E-state index is 0.811. The van der Waals surface area contributed by atoms with Gasteiger partial charge >= 0.3 is 0 Å². The minimum atomic E-state index is 0.811. The Hall–Kier alpha value is -1.32. The molecule has 0 saturated carbocycles. The van der Waals surface area contributed by atoms with Crippen molar-refractivity contribution in [2.24, 2.45) is 0 Å². The van der Waals surface area contributed by atoms with Crippen molar-refractivity contribution in [1.82, 2.24) is 10.3 Å². The number of hydrogen-bond acceptors (Lipinski definition) is 3. The summed E-state index contributed by atoms with van der Waals surface area (Å²) in [4.78, 5) is 5.77. The summed E-state index contributed by atoms with van der Waals surface area (Å²) in [5.41, 5.74) is 3.47. The molecule has 0 spiro atoms. The van der Waals surface area contributed by atoms with Gasteiger partial charge in [0, 0.05) is 23.7 Å². The van der Waals surface area contributed by atoms with Gasteiger partial charge in [0.25, 0.3) is 0 Å². The van der Waals surface area contributed by atoms with E-state index in [2.05, 4.69) is 46.9 Å². The lowest BCUT2D eigenvalue weighted by Gasteiger charge is -2.06. The highest BCUT2D eigenvalue weighted by atomic mass is 32.2. The van der Waals surface area contributed by atoms with Crippen molar-refractivity contribution < 1.29 is 0 Å². The molecule has 18 heavy (non-hydrogen) atoms. The average molecular weight is 258 g/mol. The van der Waals surface area contributed by atoms with Crippen LogP contribution >= 0.6 is 11.8 Å². The Morgan fingerprint density at radius 3 is 2.50 bits per heavy atom. The average Bonchev–Trinajstić information content (AvgIpc) is 2.40. The summed E-state index contributed by atoms with van der Waals surface area (Å²) in [7, 11) is 0. The molecule has 3 heteroatoms. The van der Waals surface area contributed by atoms with Crippen molar-refractivity contribution in [3.8, 4) is 0 Å². The van der Waals surface area contributed by atoms with Gasteiger partial charge in [-0.15, -0.1) is 11.8 Å². The van der Waals surface area contributed by atoms with E-state index in [0.717, 1.165) is 24.5 Å². The van der Waals surface area contributed by atoms with Crippen LogP contribution in [-0.4, -0.2) is 11.2 Å². The second kappa shape index (κ2) is 6.57. The number of nitrogens with zero attached hydrogens (tertiary/aromatic N) is 1. The Bertz CT molecular complexity index is 494. The molecule has 0 atom stereocenters. The lowest BCUT2D eigenvalue weighted by molar-refractivity contribution is 0.678. The molecule has 2 aromatic rings. The first-order valence-corrected chi connectivity index (χ1v) is 7.26. The molecule has 0 aliphatic heterocycles. The SMILES string of the molecule is CSc1ccc(CNCc2cccc(C)n2)cc1. The lowest BCUT2D eigenvalue weighted by Crippen LogP contribution is -2.13. The van der Waals surface area contributed by atoms with Crippen molar-refractivity contribution in [3.05, 3.63) is 59.4 Å². The van der Waals surface area contributed by atoms with E-state index in [-0.39, 0.29) is 0 Å². The lowest BCUT2D eigenvalue weighted by atomic mass is 10.2. The van der Waals surface area contributed by atoms with E-state index in [9.17, 15) is 0 Å². The van der Waals surface area contributed by atoms with E-state index in [1.54, 1.807) is 11.8 Å². The highest BCUT2D eigenvalue weighted by Crippen LogP contribution is 2.14. The first-order valence-electron chi connectivity index (χ1n) is 6.04. The number of hydrogen-bond donors (Lipinski definition) is 1. The monoisotopic (exact) mass is 258 g/mol. The topological polar surface area (TPSA) is 24.9 Å². The van der Waals surface area contributed by atoms with Crippen molar-refractivity contribution in [1.29, 1.82) is 0 Å². The molecule has 1 aromatic heterocycles. The molecule has 0 unspecified atom stereocenters. The summed E-state index contributed by atoms with van der Waals surface area (Å²) < 4.78 is 0. The first kappa shape index (κ1) is 13.1. The highest BCUT2D eigenvalue weighted by Gasteiger charge is 1.96. The predicted octanol–water partition coefficient (Wildman–Crippen LogP) is 3.40. The van der Waals surface area contributed by atoms with E-state index in [1.165, 1.54) is 10.5 Å². The van der Waals surface area contributed by atoms with Gasteiger partial charge in [0.05, 0.1) is 5.69 Å². The van der Waals surface area contributed by atoms with Crippen LogP contribution in [-0.2, 0) is 13.1 Å². The van der Waals surface area contributed by atoms with E-state index in [1.807, 2.05) is 19.1 Å². The fourth-order valence-electron chi connectivity index (χ4n) is 1.78. The van der Waals surface area contributed by atoms with Gasteiger partial charge in [-0.2, -0.15) is 0 Å². The summed E-state index contributed by atoms with van der Waals surface area (Å²) in [5, 5.41) is 3.41. The fourth-order valence-corrected chi connectivity index (χ4v) is 2.18. The molecule has 0 aliphatic rings. The Morgan fingerprint density at radius 2 is 1.83 bits per heavy atom. The van der Waals surface area contributed by atoms with Crippen LogP contribution in [0.1, 0.15) is 17.0 Å². The Balaban J connectivity index is 1.84. The van der Waals surface area contributed by atoms with Crippen molar-refractivity contribution >= 4 is 11.8 Å². The van der Waals surface area contributed by atoms with Gasteiger partial charge in [-0.25, -0.2) is 0 Å². The molecule has 0 saturated heterocycles. The Labute approximate surface area is 113 Å². The molecule has 94 valence electrons. The maximum atomic E-state index is 4.47. The van der Waals surface area contributed by atoms with Crippen LogP contribution in [0.25, 0.3) is 0 Å². The Morgan fingerprint density at radius 1 is 1.06 bits per heavy atom. The predicted molar refractivity (Wildman–Crippen MR) is 77.7 cm³/mol. The minimum Gasteiger partial charge on any atom is -0.307 e. The first-order chi connectivity index (χ1) is 8.78. The van der Waals surface area contributed by atoms with Crippen molar-refractivity contribution in [3.63, 3.8) is 0 Å². The van der Waals surface area contributed by atoms with E-state index in [0.29, 0.717) is 0 Å². The molecule has 1 heterocycles. The molecular weight excluding hydrogens is 240 g/mol. The van der Waals surface area contributed by atoms with Gasteiger partial charge in [-0.1, -0.05) is 18.2 Å². The quantitative estimate of drug-likeness (QED) is 0.832. The number of nitrogens with one attached hydrogen (secondary N) is 1. The molecule has 0 aliphatic carbocycles. The molecule has 1 aromatic carbocycles. The van der Waals surface area contributed by atoms with E-state index >= 15 is 0 Å². The standard InChI is InChI=1S/C15H18N2S/c1-12-4-3-5-14(17-12)11-16-10-13-6-8-15(18-2)9-7-13/h3-9,16H,10-11H2,1-2H3. The van der Waals surface area contributed by atoms with Crippen molar-refractivity contribution in [2.75, 3.05) is 6.26 Å². The molecule has 0 bridgehead atoms. The normalized spacial score (nSPS) is 10.6. The third kappa shape index (κ3) is 3.86. The molecule has 0 radical (unpaired) electrons. The smallest absolute Gasteiger partial charge is 0.0544 e. The molecule has 2 nitrogen and oxygen atoms in total. The largest absolute Gasteiger partial charge is 0.307 e. The fraction of sp³-hybridized carbons (Fsp3) is 0.267. The molecule has 1 N–H and O–H groups in total. The molecular formula is C15H18N2S. The van der Waals surface area contributed by atoms with Gasteiger partial charge in [0.2, 0.25) is 0 Å². The van der Waals surface area contributed by atoms with E-state index < -0.39 is 0 Å². The van der Waals surface area contributed by atoms with Gasteiger partial charge in [0.1, 0.15) is 0 Å². The zero-order valence-corrected chi connectivity index (χ0v) is 11.6. The van der Waals surface area contributed by atoms with Crippen molar-refractivity contribution in [2.45, 2.75) is 24.9 Å². The van der Waals surface area contributed by atoms with Crippen LogP contribution in [0.3, 0.4) is 0 Å². The van der Waals surface area contributed by atoms with Gasteiger partial charge < -0.3 is 5.32 Å². The summed E-state index contributed by atoms with van der Waals surface area (Å²) >= 11 is 1.77. The second-order valence-corrected chi connectivity index (χ2v) is 5.10. The maximum Gasteiger partial charge on any atom is 0.0544 e. The van der Waals surface area contributed by atoms with Crippen LogP contribution in [0.2, 0.25) is 0 Å². The van der Waals surface area contributed by atoms with E-state index in [4.69, 9.17) is 0 Å². The number of pyridine rings is 1. The van der Waals surface area contributed by atoms with Crippen LogP contribution < -0.4 is 5.32 Å². The Kier molecular flexibility index (Phi) is 4.79. The number of benzene rings is 1. The number of aromatic nitrogens is 1. The van der Waals surface area contributed by atoms with Crippen LogP contribution in [0.5, 0.6) is 0 Å². The molecule has 0 fully saturated rings. The number of rotatable bonds is 5. The van der Waals surface area contributed by atoms with Gasteiger partial charge in [-0.05, 0) is 43.0 Å². The second-order valence-electron chi connectivity index (χ2n) is 4.22. The van der Waals surface area contributed by atoms with Crippen LogP contribution in [0.4, 0.5) is 0 Å². The summed E-state index contributed by atoms with van der Waals surface area (Å²) in [6, 6.07) is 14.8. The third-order valence-electron chi connectivity index (χ3n) is 2.74. The third-order valence-corrected chi connectivity index (χ3v) is 3.48. The van der Waals surface area contributed by atoms with Crippen LogP contribution in [0.15, 0.2) is 47.4 Å². The van der Waals surface area contributed by atoms with Gasteiger partial charge in [0.15, 0.2) is 0 Å². The highest BCUT2D eigenvalue weighted by molar-refractivity contribution is 7.98. The zero-order valence-electron chi connectivity index (χ0n) is 10.8. The zero-order chi connectivity index (χ0) is 12.8. The number of thioether (sulfide) groups is 1. The number of aryl methyl sites for hydroxylation is 1. The molecule has 0 amide bonds.